The molecule has 0 unspecified atom stereocenters. The first-order valence-corrected chi connectivity index (χ1v) is 8.05. The van der Waals surface area contributed by atoms with Crippen molar-refractivity contribution in [3.8, 4) is 0 Å². The fourth-order valence-electron chi connectivity index (χ4n) is 1.67. The van der Waals surface area contributed by atoms with Crippen molar-refractivity contribution in [2.24, 2.45) is 0 Å². The fraction of sp³-hybridized carbons (Fsp3) is 0.133. The molecule has 0 saturated heterocycles. The highest BCUT2D eigenvalue weighted by Crippen LogP contribution is 2.21. The van der Waals surface area contributed by atoms with Crippen molar-refractivity contribution in [3.63, 3.8) is 0 Å². The molecule has 2 aromatic carbocycles. The minimum Gasteiger partial charge on any atom is -0.457 e. The zero-order valence-corrected chi connectivity index (χ0v) is 13.4. The van der Waals surface area contributed by atoms with Gasteiger partial charge in [0.1, 0.15) is 6.61 Å². The van der Waals surface area contributed by atoms with E-state index < -0.39 is 0 Å². The molecule has 0 aliphatic heterocycles. The predicted octanol–water partition coefficient (Wildman–Crippen LogP) is 4.37. The summed E-state index contributed by atoms with van der Waals surface area (Å²) in [6.07, 6.45) is 1.95. The van der Waals surface area contributed by atoms with Gasteiger partial charge in [-0.15, -0.1) is 11.8 Å². The van der Waals surface area contributed by atoms with Crippen molar-refractivity contribution >= 4 is 40.3 Å². The number of esters is 1. The van der Waals surface area contributed by atoms with Gasteiger partial charge < -0.3 is 4.74 Å². The quantitative estimate of drug-likeness (QED) is 0.445. The first-order chi connectivity index (χ1) is 9.20. The van der Waals surface area contributed by atoms with E-state index in [4.69, 9.17) is 4.74 Å². The summed E-state index contributed by atoms with van der Waals surface area (Å²) in [6.45, 7) is 0.304. The lowest BCUT2D eigenvalue weighted by atomic mass is 10.2. The van der Waals surface area contributed by atoms with E-state index in [1.54, 1.807) is 17.8 Å². The van der Waals surface area contributed by atoms with Gasteiger partial charge in [0.2, 0.25) is 0 Å². The van der Waals surface area contributed by atoms with Crippen molar-refractivity contribution in [2.45, 2.75) is 11.5 Å². The highest BCUT2D eigenvalue weighted by Gasteiger charge is 2.11. The van der Waals surface area contributed by atoms with Crippen LogP contribution in [0.5, 0.6) is 0 Å². The van der Waals surface area contributed by atoms with Crippen LogP contribution in [0.25, 0.3) is 0 Å². The van der Waals surface area contributed by atoms with E-state index >= 15 is 0 Å². The van der Waals surface area contributed by atoms with E-state index in [0.29, 0.717) is 12.2 Å². The van der Waals surface area contributed by atoms with Crippen LogP contribution in [0, 0.1) is 3.57 Å². The number of ether oxygens (including phenoxy) is 1. The van der Waals surface area contributed by atoms with Crippen molar-refractivity contribution < 1.29 is 9.53 Å². The molecule has 0 fully saturated rings. The minimum absolute atomic E-state index is 0.274. The van der Waals surface area contributed by atoms with Crippen LogP contribution in [0.2, 0.25) is 0 Å². The number of halogens is 1. The molecular weight excluding hydrogens is 371 g/mol. The highest BCUT2D eigenvalue weighted by molar-refractivity contribution is 14.1. The highest BCUT2D eigenvalue weighted by atomic mass is 127. The van der Waals surface area contributed by atoms with Crippen molar-refractivity contribution in [1.82, 2.24) is 0 Å². The molecule has 4 heteroatoms. The number of hydrogen-bond donors (Lipinski definition) is 0. The summed E-state index contributed by atoms with van der Waals surface area (Å²) < 4.78 is 6.49. The second-order valence-corrected chi connectivity index (χ2v) is 6.00. The summed E-state index contributed by atoms with van der Waals surface area (Å²) in [7, 11) is 0. The first kappa shape index (κ1) is 14.4. The van der Waals surface area contributed by atoms with Gasteiger partial charge in [-0.05, 0) is 58.7 Å². The minimum atomic E-state index is -0.274. The van der Waals surface area contributed by atoms with Crippen LogP contribution in [0.3, 0.4) is 0 Å². The molecular formula is C15H13IO2S. The molecule has 98 valence electrons. The molecule has 19 heavy (non-hydrogen) atoms. The van der Waals surface area contributed by atoms with Gasteiger partial charge in [-0.25, -0.2) is 4.79 Å². The molecule has 0 aliphatic rings. The molecule has 0 spiro atoms. The second-order valence-electron chi connectivity index (χ2n) is 3.91. The van der Waals surface area contributed by atoms with Crippen molar-refractivity contribution in [1.29, 1.82) is 0 Å². The maximum atomic E-state index is 12.0. The Kier molecular flexibility index (Phi) is 5.27. The largest absolute Gasteiger partial charge is 0.457 e. The zero-order chi connectivity index (χ0) is 13.7. The number of benzene rings is 2. The van der Waals surface area contributed by atoms with Crippen LogP contribution in [-0.2, 0) is 11.3 Å². The standard InChI is InChI=1S/C15H13IO2S/c1-19-14-8-3-2-7-13(14)15(17)18-10-11-5-4-6-12(16)9-11/h2-9H,10H2,1H3. The van der Waals surface area contributed by atoms with E-state index in [1.165, 1.54) is 0 Å². The van der Waals surface area contributed by atoms with Crippen LogP contribution in [0.1, 0.15) is 15.9 Å². The van der Waals surface area contributed by atoms with Crippen LogP contribution in [0.4, 0.5) is 0 Å². The molecule has 0 N–H and O–H groups in total. The summed E-state index contributed by atoms with van der Waals surface area (Å²) >= 11 is 3.79. The average Bonchev–Trinajstić information content (AvgIpc) is 2.45. The van der Waals surface area contributed by atoms with E-state index in [-0.39, 0.29) is 5.97 Å². The smallest absolute Gasteiger partial charge is 0.339 e. The molecule has 2 nitrogen and oxygen atoms in total. The molecule has 0 amide bonds. The molecule has 0 bridgehead atoms. The molecule has 0 saturated carbocycles. The first-order valence-electron chi connectivity index (χ1n) is 5.75. The summed E-state index contributed by atoms with van der Waals surface area (Å²) in [5, 5.41) is 0. The second kappa shape index (κ2) is 6.96. The molecule has 0 aliphatic carbocycles. The third-order valence-corrected chi connectivity index (χ3v) is 4.05. The summed E-state index contributed by atoms with van der Waals surface area (Å²) in [4.78, 5) is 13.0. The lowest BCUT2D eigenvalue weighted by Crippen LogP contribution is -2.06. The molecule has 0 aromatic heterocycles. The molecule has 0 atom stereocenters. The number of thioether (sulfide) groups is 1. The average molecular weight is 384 g/mol. The van der Waals surface area contributed by atoms with Gasteiger partial charge in [0.05, 0.1) is 5.56 Å². The topological polar surface area (TPSA) is 26.3 Å². The Labute approximate surface area is 130 Å². The Morgan fingerprint density at radius 3 is 2.74 bits per heavy atom. The molecule has 0 heterocycles. The van der Waals surface area contributed by atoms with Gasteiger partial charge in [-0.3, -0.25) is 0 Å². The van der Waals surface area contributed by atoms with Crippen LogP contribution < -0.4 is 0 Å². The number of rotatable bonds is 4. The summed E-state index contributed by atoms with van der Waals surface area (Å²) in [6, 6.07) is 15.4. The van der Waals surface area contributed by atoms with Gasteiger partial charge >= 0.3 is 5.97 Å². The van der Waals surface area contributed by atoms with E-state index in [9.17, 15) is 4.79 Å². The Morgan fingerprint density at radius 2 is 2.00 bits per heavy atom. The number of carbonyl (C=O) groups is 1. The maximum absolute atomic E-state index is 12.0. The SMILES string of the molecule is CSc1ccccc1C(=O)OCc1cccc(I)c1. The van der Waals surface area contributed by atoms with Crippen molar-refractivity contribution in [3.05, 3.63) is 63.2 Å². The van der Waals surface area contributed by atoms with E-state index in [1.807, 2.05) is 48.7 Å². The lowest BCUT2D eigenvalue weighted by molar-refractivity contribution is 0.0468. The van der Waals surface area contributed by atoms with Crippen molar-refractivity contribution in [2.75, 3.05) is 6.26 Å². The normalized spacial score (nSPS) is 10.2. The molecule has 2 aromatic rings. The monoisotopic (exact) mass is 384 g/mol. The fourth-order valence-corrected chi connectivity index (χ4v) is 2.86. The number of carbonyl (C=O) groups excluding carboxylic acids is 1. The Morgan fingerprint density at radius 1 is 1.21 bits per heavy atom. The number of hydrogen-bond acceptors (Lipinski definition) is 3. The van der Waals surface area contributed by atoms with Gasteiger partial charge in [0.15, 0.2) is 0 Å². The maximum Gasteiger partial charge on any atom is 0.339 e. The summed E-state index contributed by atoms with van der Waals surface area (Å²) in [5.74, 6) is -0.274. The third-order valence-electron chi connectivity index (χ3n) is 2.59. The lowest BCUT2D eigenvalue weighted by Gasteiger charge is -2.08. The van der Waals surface area contributed by atoms with Crippen LogP contribution >= 0.6 is 34.4 Å². The Hall–Kier alpha value is -1.01. The van der Waals surface area contributed by atoms with Gasteiger partial charge in [-0.2, -0.15) is 0 Å². The Balaban J connectivity index is 2.05. The Bertz CT molecular complexity index is 584. The predicted molar refractivity (Wildman–Crippen MR) is 86.5 cm³/mol. The van der Waals surface area contributed by atoms with Gasteiger partial charge in [0.25, 0.3) is 0 Å². The van der Waals surface area contributed by atoms with E-state index in [0.717, 1.165) is 14.0 Å². The van der Waals surface area contributed by atoms with Gasteiger partial charge in [0, 0.05) is 8.47 Å². The van der Waals surface area contributed by atoms with Gasteiger partial charge in [-0.1, -0.05) is 24.3 Å². The van der Waals surface area contributed by atoms with Crippen LogP contribution in [-0.4, -0.2) is 12.2 Å². The molecule has 0 radical (unpaired) electrons. The van der Waals surface area contributed by atoms with E-state index in [2.05, 4.69) is 22.6 Å². The zero-order valence-electron chi connectivity index (χ0n) is 10.4. The summed E-state index contributed by atoms with van der Waals surface area (Å²) in [5.41, 5.74) is 1.63. The molecule has 2 rings (SSSR count). The third kappa shape index (κ3) is 3.98. The van der Waals surface area contributed by atoms with Crippen LogP contribution in [0.15, 0.2) is 53.4 Å².